The number of benzene rings is 1. The van der Waals surface area contributed by atoms with Gasteiger partial charge >= 0.3 is 7.60 Å². The number of carbonyl (C=O) groups excluding carboxylic acids is 1. The van der Waals surface area contributed by atoms with Crippen molar-refractivity contribution in [2.75, 3.05) is 0 Å². The van der Waals surface area contributed by atoms with Gasteiger partial charge < -0.3 is 20.5 Å². The molecule has 1 heterocycles. The maximum Gasteiger partial charge on any atom is 0.330 e. The Labute approximate surface area is 102 Å². The van der Waals surface area contributed by atoms with Crippen molar-refractivity contribution >= 4 is 24.5 Å². The number of nitrogens with two attached hydrogens (primary N) is 1. The van der Waals surface area contributed by atoms with E-state index in [1.54, 1.807) is 19.1 Å². The molecule has 0 aliphatic rings. The summed E-state index contributed by atoms with van der Waals surface area (Å²) in [6.07, 6.45) is -0.406. The zero-order chi connectivity index (χ0) is 13.5. The van der Waals surface area contributed by atoms with E-state index in [0.29, 0.717) is 22.2 Å². The van der Waals surface area contributed by atoms with Crippen LogP contribution in [0.1, 0.15) is 21.7 Å². The minimum Gasteiger partial charge on any atom is -0.363 e. The average molecular weight is 269 g/mol. The third kappa shape index (κ3) is 2.43. The average Bonchev–Trinajstić information content (AvgIpc) is 2.65. The van der Waals surface area contributed by atoms with Crippen LogP contribution < -0.4 is 5.73 Å². The molecule has 18 heavy (non-hydrogen) atoms. The summed E-state index contributed by atoms with van der Waals surface area (Å²) in [6.45, 7) is 1.73. The van der Waals surface area contributed by atoms with Gasteiger partial charge in [0.1, 0.15) is 0 Å². The van der Waals surface area contributed by atoms with Crippen molar-refractivity contribution in [2.45, 2.75) is 13.1 Å². The lowest BCUT2D eigenvalue weighted by Gasteiger charge is -2.08. The molecule has 2 rings (SSSR count). The van der Waals surface area contributed by atoms with Crippen LogP contribution in [0.25, 0.3) is 11.0 Å². The van der Waals surface area contributed by atoms with Crippen molar-refractivity contribution in [1.29, 1.82) is 0 Å². The van der Waals surface area contributed by atoms with Gasteiger partial charge in [-0.2, -0.15) is 0 Å². The van der Waals surface area contributed by atoms with Crippen LogP contribution in [-0.4, -0.2) is 25.7 Å². The Morgan fingerprint density at radius 3 is 2.72 bits per heavy atom. The van der Waals surface area contributed by atoms with E-state index in [1.807, 2.05) is 0 Å². The molecule has 2 aromatic rings. The smallest absolute Gasteiger partial charge is 0.330 e. The standard InChI is InChI=1S/C10H12N3O4P/c1-5-2-3-7-8(6(5)4-18(15,16)17)13-10(12-7)9(11)14/h2-3H,4H2,1H3,(H2,11,14)(H,12,13)(H2,15,16,17). The molecular formula is C10H12N3O4P. The zero-order valence-corrected chi connectivity index (χ0v) is 10.4. The fourth-order valence-corrected chi connectivity index (χ4v) is 2.58. The molecule has 0 aliphatic carbocycles. The van der Waals surface area contributed by atoms with E-state index in [2.05, 4.69) is 9.97 Å². The lowest BCUT2D eigenvalue weighted by atomic mass is 10.1. The van der Waals surface area contributed by atoms with Gasteiger partial charge in [-0.15, -0.1) is 0 Å². The SMILES string of the molecule is Cc1ccc2nc(C(N)=O)[nH]c2c1CP(=O)(O)O. The minimum absolute atomic E-state index is 0.0254. The summed E-state index contributed by atoms with van der Waals surface area (Å²) >= 11 is 0. The normalized spacial score (nSPS) is 11.9. The summed E-state index contributed by atoms with van der Waals surface area (Å²) in [5.74, 6) is -0.742. The number of amides is 1. The van der Waals surface area contributed by atoms with Gasteiger partial charge in [-0.3, -0.25) is 9.36 Å². The largest absolute Gasteiger partial charge is 0.363 e. The first-order valence-electron chi connectivity index (χ1n) is 5.10. The lowest BCUT2D eigenvalue weighted by molar-refractivity contribution is 0.0991. The molecule has 0 bridgehead atoms. The van der Waals surface area contributed by atoms with E-state index in [9.17, 15) is 9.36 Å². The van der Waals surface area contributed by atoms with E-state index in [-0.39, 0.29) is 5.82 Å². The molecule has 1 amide bonds. The second-order valence-corrected chi connectivity index (χ2v) is 5.67. The van der Waals surface area contributed by atoms with Gasteiger partial charge in [0.25, 0.3) is 5.91 Å². The van der Waals surface area contributed by atoms with Crippen LogP contribution in [0.5, 0.6) is 0 Å². The molecule has 0 fully saturated rings. The third-order valence-electron chi connectivity index (χ3n) is 2.60. The number of H-pyrrole nitrogens is 1. The highest BCUT2D eigenvalue weighted by Gasteiger charge is 2.20. The number of aryl methyl sites for hydroxylation is 1. The van der Waals surface area contributed by atoms with Crippen LogP contribution in [0.3, 0.4) is 0 Å². The second kappa shape index (κ2) is 4.20. The van der Waals surface area contributed by atoms with Crippen LogP contribution in [-0.2, 0) is 10.7 Å². The first-order chi connectivity index (χ1) is 8.28. The van der Waals surface area contributed by atoms with Gasteiger partial charge in [0.15, 0.2) is 5.82 Å². The number of imidazole rings is 1. The Kier molecular flexibility index (Phi) is 2.98. The molecule has 1 aromatic carbocycles. The fourth-order valence-electron chi connectivity index (χ4n) is 1.77. The molecule has 0 spiro atoms. The van der Waals surface area contributed by atoms with E-state index < -0.39 is 19.7 Å². The van der Waals surface area contributed by atoms with E-state index >= 15 is 0 Å². The number of aromatic nitrogens is 2. The summed E-state index contributed by atoms with van der Waals surface area (Å²) in [5.41, 5.74) is 7.16. The Morgan fingerprint density at radius 1 is 1.50 bits per heavy atom. The summed E-state index contributed by atoms with van der Waals surface area (Å²) in [6, 6.07) is 3.36. The predicted molar refractivity (Wildman–Crippen MR) is 65.1 cm³/mol. The molecule has 5 N–H and O–H groups in total. The van der Waals surface area contributed by atoms with Crippen molar-refractivity contribution in [3.63, 3.8) is 0 Å². The molecule has 7 nitrogen and oxygen atoms in total. The molecule has 0 radical (unpaired) electrons. The van der Waals surface area contributed by atoms with Gasteiger partial charge in [-0.1, -0.05) is 6.07 Å². The number of hydrogen-bond donors (Lipinski definition) is 4. The summed E-state index contributed by atoms with van der Waals surface area (Å²) < 4.78 is 11.1. The monoisotopic (exact) mass is 269 g/mol. The van der Waals surface area contributed by atoms with Crippen LogP contribution in [0.2, 0.25) is 0 Å². The lowest BCUT2D eigenvalue weighted by Crippen LogP contribution is -2.12. The number of nitrogens with one attached hydrogen (secondary N) is 1. The van der Waals surface area contributed by atoms with E-state index in [1.165, 1.54) is 0 Å². The summed E-state index contributed by atoms with van der Waals surface area (Å²) in [7, 11) is -4.20. The molecule has 8 heteroatoms. The van der Waals surface area contributed by atoms with Crippen LogP contribution in [0.15, 0.2) is 12.1 Å². The minimum atomic E-state index is -4.20. The van der Waals surface area contributed by atoms with Crippen molar-refractivity contribution in [3.8, 4) is 0 Å². The van der Waals surface area contributed by atoms with Crippen LogP contribution >= 0.6 is 7.60 Å². The number of rotatable bonds is 3. The first kappa shape index (κ1) is 12.8. The van der Waals surface area contributed by atoms with Gasteiger partial charge in [-0.25, -0.2) is 4.98 Å². The Bertz CT molecular complexity index is 673. The van der Waals surface area contributed by atoms with E-state index in [0.717, 1.165) is 0 Å². The first-order valence-corrected chi connectivity index (χ1v) is 6.90. The molecule has 0 unspecified atom stereocenters. The highest BCUT2D eigenvalue weighted by Crippen LogP contribution is 2.41. The number of fused-ring (bicyclic) bond motifs is 1. The summed E-state index contributed by atoms with van der Waals surface area (Å²) in [4.78, 5) is 35.8. The highest BCUT2D eigenvalue weighted by molar-refractivity contribution is 7.50. The molecule has 0 saturated heterocycles. The van der Waals surface area contributed by atoms with E-state index in [4.69, 9.17) is 15.5 Å². The molecule has 0 saturated carbocycles. The van der Waals surface area contributed by atoms with Crippen LogP contribution in [0.4, 0.5) is 0 Å². The summed E-state index contributed by atoms with van der Waals surface area (Å²) in [5, 5.41) is 0. The van der Waals surface area contributed by atoms with Gasteiger partial charge in [0.05, 0.1) is 17.2 Å². The predicted octanol–water partition coefficient (Wildman–Crippen LogP) is 0.648. The quantitative estimate of drug-likeness (QED) is 0.608. The van der Waals surface area contributed by atoms with Crippen LogP contribution in [0, 0.1) is 6.92 Å². The van der Waals surface area contributed by atoms with Gasteiger partial charge in [0.2, 0.25) is 0 Å². The number of aromatic amines is 1. The van der Waals surface area contributed by atoms with Crippen molar-refractivity contribution in [3.05, 3.63) is 29.1 Å². The number of nitrogens with zero attached hydrogens (tertiary/aromatic N) is 1. The maximum atomic E-state index is 11.1. The molecule has 0 aliphatic heterocycles. The number of primary amides is 1. The zero-order valence-electron chi connectivity index (χ0n) is 9.54. The van der Waals surface area contributed by atoms with Gasteiger partial charge in [0, 0.05) is 0 Å². The maximum absolute atomic E-state index is 11.1. The molecular weight excluding hydrogens is 257 g/mol. The molecule has 1 aromatic heterocycles. The number of carbonyl (C=O) groups is 1. The van der Waals surface area contributed by atoms with Gasteiger partial charge in [-0.05, 0) is 24.1 Å². The highest BCUT2D eigenvalue weighted by atomic mass is 31.2. The van der Waals surface area contributed by atoms with Crippen molar-refractivity contribution in [1.82, 2.24) is 9.97 Å². The van der Waals surface area contributed by atoms with Crippen molar-refractivity contribution in [2.24, 2.45) is 5.73 Å². The third-order valence-corrected chi connectivity index (χ3v) is 3.33. The Balaban J connectivity index is 2.66. The fraction of sp³-hybridized carbons (Fsp3) is 0.200. The topological polar surface area (TPSA) is 129 Å². The van der Waals surface area contributed by atoms with Crippen molar-refractivity contribution < 1.29 is 19.1 Å². The molecule has 0 atom stereocenters. The second-order valence-electron chi connectivity index (χ2n) is 4.03. The Morgan fingerprint density at radius 2 is 2.17 bits per heavy atom. The number of hydrogen-bond acceptors (Lipinski definition) is 3. The molecule has 96 valence electrons. The Hall–Kier alpha value is -1.69.